The molecule has 1 aliphatic rings. The van der Waals surface area contributed by atoms with Crippen LogP contribution in [-0.4, -0.2) is 57.7 Å². The Morgan fingerprint density at radius 1 is 1.17 bits per heavy atom. The fourth-order valence-corrected chi connectivity index (χ4v) is 4.99. The molecule has 0 saturated carbocycles. The molecule has 2 aromatic heterocycles. The molecule has 1 unspecified atom stereocenters. The first-order valence-corrected chi connectivity index (χ1v) is 13.0. The number of carbonyl (C=O) groups is 1. The zero-order valence-corrected chi connectivity index (χ0v) is 23.0. The first-order valence-electron chi connectivity index (χ1n) is 13.0. The highest BCUT2D eigenvalue weighted by molar-refractivity contribution is 5.99. The molecule has 1 fully saturated rings. The third-order valence-electron chi connectivity index (χ3n) is 7.11. The number of halogens is 2. The topological polar surface area (TPSA) is 127 Å². The lowest BCUT2D eigenvalue weighted by Gasteiger charge is -2.30. The lowest BCUT2D eigenvalue weighted by atomic mass is 9.88. The number of benzene rings is 2. The van der Waals surface area contributed by atoms with Crippen LogP contribution in [0.1, 0.15) is 47.6 Å². The van der Waals surface area contributed by atoms with Crippen LogP contribution >= 0.6 is 0 Å². The van der Waals surface area contributed by atoms with E-state index in [1.807, 2.05) is 0 Å². The molecule has 1 aliphatic heterocycles. The Hall–Kier alpha value is -4.06. The number of pyridine rings is 1. The van der Waals surface area contributed by atoms with E-state index in [9.17, 15) is 19.4 Å². The van der Waals surface area contributed by atoms with Crippen LogP contribution in [0.25, 0.3) is 22.2 Å². The Kier molecular flexibility index (Phi) is 7.45. The van der Waals surface area contributed by atoms with Crippen molar-refractivity contribution in [1.82, 2.24) is 20.5 Å². The number of aliphatic hydroxyl groups excluding tert-OH is 1. The van der Waals surface area contributed by atoms with E-state index in [1.54, 1.807) is 25.1 Å². The molecule has 0 aliphatic carbocycles. The second-order valence-electron chi connectivity index (χ2n) is 10.7. The van der Waals surface area contributed by atoms with E-state index in [0.29, 0.717) is 27.9 Å². The summed E-state index contributed by atoms with van der Waals surface area (Å²) in [6.07, 6.45) is -0.823. The molecule has 0 spiro atoms. The molecule has 0 radical (unpaired) electrons. The van der Waals surface area contributed by atoms with Crippen molar-refractivity contribution in [2.45, 2.75) is 44.5 Å². The maximum absolute atomic E-state index is 15.7. The van der Waals surface area contributed by atoms with Crippen LogP contribution in [0.5, 0.6) is 5.75 Å². The minimum Gasteiger partial charge on any atom is -0.494 e. The van der Waals surface area contributed by atoms with Gasteiger partial charge in [-0.3, -0.25) is 4.79 Å². The minimum atomic E-state index is -1.61. The summed E-state index contributed by atoms with van der Waals surface area (Å²) in [6, 6.07) is 11.5. The number of carbonyl (C=O) groups excluding carboxylic acids is 1. The van der Waals surface area contributed by atoms with Gasteiger partial charge in [-0.25, -0.2) is 13.8 Å². The fraction of sp³-hybridized carbons (Fsp3) is 0.333. The number of hydrogen-bond donors (Lipinski definition) is 3. The molecule has 0 bridgehead atoms. The Bertz CT molecular complexity index is 1620. The molecule has 41 heavy (non-hydrogen) atoms. The van der Waals surface area contributed by atoms with Gasteiger partial charge < -0.3 is 25.0 Å². The van der Waals surface area contributed by atoms with Crippen LogP contribution in [-0.2, 0) is 15.9 Å². The summed E-state index contributed by atoms with van der Waals surface area (Å²) in [5.74, 6) is -1.34. The van der Waals surface area contributed by atoms with Crippen molar-refractivity contribution >= 4 is 16.8 Å². The standard InChI is InChI=1S/C30H30F2N4O5/c1-16-9-18-10-19(11-23(40-4)26(18)36-35-16)28(38)33-15-30(13-21(37)14-41-30)24-12-22(29(2,3)39)25(32)27(34-24)17-5-7-20(31)8-6-17/h5-12,21,37,39H,13-15H2,1-4H3,(H,33,38)/t21?,30-/m1/s1. The Labute approximate surface area is 235 Å². The van der Waals surface area contributed by atoms with Gasteiger partial charge in [0.25, 0.3) is 5.91 Å². The molecular weight excluding hydrogens is 534 g/mol. The third kappa shape index (κ3) is 5.61. The molecule has 5 rings (SSSR count). The lowest BCUT2D eigenvalue weighted by Crippen LogP contribution is -2.42. The molecule has 11 heteroatoms. The number of aryl methyl sites for hydroxylation is 1. The van der Waals surface area contributed by atoms with Gasteiger partial charge in [0.05, 0.1) is 43.4 Å². The molecule has 4 aromatic rings. The van der Waals surface area contributed by atoms with Gasteiger partial charge in [-0.05, 0) is 69.3 Å². The van der Waals surface area contributed by atoms with E-state index < -0.39 is 34.8 Å². The van der Waals surface area contributed by atoms with Crippen LogP contribution in [0.3, 0.4) is 0 Å². The predicted octanol–water partition coefficient (Wildman–Crippen LogP) is 3.92. The summed E-state index contributed by atoms with van der Waals surface area (Å²) in [4.78, 5) is 17.9. The summed E-state index contributed by atoms with van der Waals surface area (Å²) >= 11 is 0. The van der Waals surface area contributed by atoms with Crippen molar-refractivity contribution in [3.05, 3.63) is 82.7 Å². The van der Waals surface area contributed by atoms with E-state index in [1.165, 1.54) is 51.3 Å². The van der Waals surface area contributed by atoms with Crippen molar-refractivity contribution in [2.75, 3.05) is 20.3 Å². The molecule has 9 nitrogen and oxygen atoms in total. The van der Waals surface area contributed by atoms with Gasteiger partial charge in [0.1, 0.15) is 28.4 Å². The smallest absolute Gasteiger partial charge is 0.251 e. The largest absolute Gasteiger partial charge is 0.494 e. The average molecular weight is 565 g/mol. The normalized spacial score (nSPS) is 19.0. The Morgan fingerprint density at radius 3 is 2.54 bits per heavy atom. The number of nitrogens with one attached hydrogen (secondary N) is 1. The summed E-state index contributed by atoms with van der Waals surface area (Å²) in [6.45, 7) is 4.49. The monoisotopic (exact) mass is 564 g/mol. The molecular formula is C30H30F2N4O5. The Balaban J connectivity index is 1.54. The third-order valence-corrected chi connectivity index (χ3v) is 7.11. The number of amides is 1. The van der Waals surface area contributed by atoms with Crippen molar-refractivity contribution in [3.8, 4) is 17.0 Å². The second-order valence-corrected chi connectivity index (χ2v) is 10.7. The SMILES string of the molecule is COc1cc(C(=O)NC[C@@]2(c3cc(C(C)(C)O)c(F)c(-c4ccc(F)cc4)n3)CC(O)CO2)cc2cc(C)nnc12. The van der Waals surface area contributed by atoms with Crippen LogP contribution < -0.4 is 10.1 Å². The first-order chi connectivity index (χ1) is 19.4. The minimum absolute atomic E-state index is 0.0413. The van der Waals surface area contributed by atoms with Crippen molar-refractivity contribution in [2.24, 2.45) is 0 Å². The van der Waals surface area contributed by atoms with Gasteiger partial charge in [-0.2, -0.15) is 5.10 Å². The molecule has 3 heterocycles. The summed E-state index contributed by atoms with van der Waals surface area (Å²) in [5, 5.41) is 33.0. The number of aliphatic hydroxyl groups is 2. The van der Waals surface area contributed by atoms with Gasteiger partial charge in [0.2, 0.25) is 0 Å². The summed E-state index contributed by atoms with van der Waals surface area (Å²) < 4.78 is 40.8. The van der Waals surface area contributed by atoms with E-state index in [-0.39, 0.29) is 42.1 Å². The molecule has 214 valence electrons. The van der Waals surface area contributed by atoms with E-state index in [4.69, 9.17) is 9.47 Å². The van der Waals surface area contributed by atoms with Gasteiger partial charge in [-0.1, -0.05) is 0 Å². The summed E-state index contributed by atoms with van der Waals surface area (Å²) in [5.41, 5.74) is -1.17. The number of rotatable bonds is 7. The van der Waals surface area contributed by atoms with Crippen LogP contribution in [0.15, 0.2) is 48.5 Å². The average Bonchev–Trinajstić information content (AvgIpc) is 3.32. The number of hydrogen-bond acceptors (Lipinski definition) is 8. The van der Waals surface area contributed by atoms with Crippen molar-refractivity contribution in [1.29, 1.82) is 0 Å². The number of aromatic nitrogens is 3. The second kappa shape index (κ2) is 10.7. The van der Waals surface area contributed by atoms with E-state index in [2.05, 4.69) is 20.5 Å². The van der Waals surface area contributed by atoms with E-state index >= 15 is 4.39 Å². The van der Waals surface area contributed by atoms with Crippen LogP contribution in [0.2, 0.25) is 0 Å². The fourth-order valence-electron chi connectivity index (χ4n) is 4.99. The first kappa shape index (κ1) is 28.5. The molecule has 1 amide bonds. The lowest BCUT2D eigenvalue weighted by molar-refractivity contribution is -0.00530. The molecule has 2 atom stereocenters. The summed E-state index contributed by atoms with van der Waals surface area (Å²) in [7, 11) is 1.47. The highest BCUT2D eigenvalue weighted by Crippen LogP contribution is 2.39. The van der Waals surface area contributed by atoms with Gasteiger partial charge in [0, 0.05) is 28.5 Å². The highest BCUT2D eigenvalue weighted by atomic mass is 19.1. The van der Waals surface area contributed by atoms with Gasteiger partial charge in [0.15, 0.2) is 5.82 Å². The number of methoxy groups -OCH3 is 1. The van der Waals surface area contributed by atoms with Crippen molar-refractivity contribution in [3.63, 3.8) is 0 Å². The number of ether oxygens (including phenoxy) is 2. The van der Waals surface area contributed by atoms with Gasteiger partial charge in [-0.15, -0.1) is 5.10 Å². The van der Waals surface area contributed by atoms with Crippen molar-refractivity contribution < 1.29 is 33.3 Å². The maximum atomic E-state index is 15.7. The Morgan fingerprint density at radius 2 is 1.90 bits per heavy atom. The van der Waals surface area contributed by atoms with E-state index in [0.717, 1.165) is 0 Å². The molecule has 1 saturated heterocycles. The zero-order valence-electron chi connectivity index (χ0n) is 23.0. The van der Waals surface area contributed by atoms with Crippen LogP contribution in [0.4, 0.5) is 8.78 Å². The highest BCUT2D eigenvalue weighted by Gasteiger charge is 2.44. The quantitative estimate of drug-likeness (QED) is 0.308. The number of fused-ring (bicyclic) bond motifs is 1. The molecule has 3 N–H and O–H groups in total. The maximum Gasteiger partial charge on any atom is 0.251 e. The zero-order chi connectivity index (χ0) is 29.5. The molecule has 2 aromatic carbocycles. The number of nitrogens with zero attached hydrogens (tertiary/aromatic N) is 3. The van der Waals surface area contributed by atoms with Crippen LogP contribution in [0, 0.1) is 18.6 Å². The predicted molar refractivity (Wildman–Crippen MR) is 146 cm³/mol. The van der Waals surface area contributed by atoms with Gasteiger partial charge >= 0.3 is 0 Å².